The Morgan fingerprint density at radius 1 is 0.382 bits per heavy atom. The Balaban J connectivity index is 4.03. The van der Waals surface area contributed by atoms with E-state index in [9.17, 15) is 19.4 Å². The van der Waals surface area contributed by atoms with E-state index in [1.807, 2.05) is 27.2 Å². The molecule has 0 saturated heterocycles. The lowest BCUT2D eigenvalue weighted by Gasteiger charge is -2.25. The molecule has 0 spiro atoms. The second-order valence-corrected chi connectivity index (χ2v) is 29.2. The van der Waals surface area contributed by atoms with E-state index in [4.69, 9.17) is 9.05 Å². The molecule has 0 aromatic carbocycles. The van der Waals surface area contributed by atoms with Crippen molar-refractivity contribution in [3.05, 3.63) is 72.9 Å². The number of quaternary nitrogens is 1. The summed E-state index contributed by atoms with van der Waals surface area (Å²) >= 11 is 0. The molecule has 0 aromatic rings. The quantitative estimate of drug-likeness (QED) is 0.0243. The van der Waals surface area contributed by atoms with Crippen molar-refractivity contribution in [3.63, 3.8) is 0 Å². The molecule has 3 N–H and O–H groups in total. The van der Waals surface area contributed by atoms with Gasteiger partial charge in [0.25, 0.3) is 0 Å². The second kappa shape index (κ2) is 70.3. The number of nitrogens with one attached hydrogen (secondary N) is 1. The lowest BCUT2D eigenvalue weighted by molar-refractivity contribution is -0.870. The monoisotopic (exact) mass is 1270 g/mol. The van der Waals surface area contributed by atoms with Gasteiger partial charge in [0.15, 0.2) is 0 Å². The third-order valence-electron chi connectivity index (χ3n) is 17.6. The molecule has 8 nitrogen and oxygen atoms in total. The first-order valence-corrected chi connectivity index (χ1v) is 40.3. The third kappa shape index (κ3) is 73.2. The molecule has 9 heteroatoms. The molecule has 89 heavy (non-hydrogen) atoms. The van der Waals surface area contributed by atoms with Crippen LogP contribution < -0.4 is 5.32 Å². The minimum Gasteiger partial charge on any atom is -0.387 e. The molecule has 0 aliphatic rings. The van der Waals surface area contributed by atoms with E-state index in [1.54, 1.807) is 6.08 Å². The molecule has 0 aliphatic carbocycles. The highest BCUT2D eigenvalue weighted by Crippen LogP contribution is 2.43. The van der Waals surface area contributed by atoms with E-state index in [0.29, 0.717) is 17.4 Å². The van der Waals surface area contributed by atoms with Crippen LogP contribution >= 0.6 is 7.82 Å². The van der Waals surface area contributed by atoms with Crippen LogP contribution in [0.4, 0.5) is 0 Å². The fraction of sp³-hybridized carbons (Fsp3) is 0.838. The van der Waals surface area contributed by atoms with Gasteiger partial charge in [0.2, 0.25) is 5.91 Å². The van der Waals surface area contributed by atoms with Crippen LogP contribution in [0.25, 0.3) is 0 Å². The van der Waals surface area contributed by atoms with E-state index in [1.165, 1.54) is 302 Å². The van der Waals surface area contributed by atoms with E-state index >= 15 is 0 Å². The average molecular weight is 1270 g/mol. The maximum absolute atomic E-state index is 13.1. The summed E-state index contributed by atoms with van der Waals surface area (Å²) in [5.74, 6) is -0.185. The van der Waals surface area contributed by atoms with Crippen molar-refractivity contribution >= 4 is 13.7 Å². The van der Waals surface area contributed by atoms with Crippen LogP contribution in [0, 0.1) is 0 Å². The molecule has 0 rings (SSSR count). The number of unbranched alkanes of at least 4 members (excludes halogenated alkanes) is 49. The molecule has 0 fully saturated rings. The number of phosphoric ester groups is 1. The number of aliphatic hydroxyl groups excluding tert-OH is 1. The molecule has 0 saturated carbocycles. The van der Waals surface area contributed by atoms with Gasteiger partial charge in [-0.3, -0.25) is 13.8 Å². The normalized spacial score (nSPS) is 13.9. The first kappa shape index (κ1) is 86.9. The van der Waals surface area contributed by atoms with Crippen molar-refractivity contribution in [2.24, 2.45) is 0 Å². The number of carbonyl (C=O) groups is 1. The fourth-order valence-electron chi connectivity index (χ4n) is 11.6. The van der Waals surface area contributed by atoms with Crippen LogP contribution in [0.1, 0.15) is 380 Å². The summed E-state index contributed by atoms with van der Waals surface area (Å²) in [7, 11) is 1.56. The van der Waals surface area contributed by atoms with Crippen molar-refractivity contribution in [1.29, 1.82) is 0 Å². The van der Waals surface area contributed by atoms with Crippen molar-refractivity contribution in [1.82, 2.24) is 5.32 Å². The summed E-state index contributed by atoms with van der Waals surface area (Å²) in [6.07, 6.45) is 99.5. The highest BCUT2D eigenvalue weighted by Gasteiger charge is 2.28. The van der Waals surface area contributed by atoms with Gasteiger partial charge >= 0.3 is 7.82 Å². The molecule has 1 amide bonds. The highest BCUT2D eigenvalue weighted by molar-refractivity contribution is 7.47. The highest BCUT2D eigenvalue weighted by atomic mass is 31.2. The Kier molecular flexibility index (Phi) is 68.6. The molecular weight excluding hydrogens is 1120 g/mol. The van der Waals surface area contributed by atoms with E-state index < -0.39 is 20.0 Å². The molecule has 522 valence electrons. The zero-order valence-corrected chi connectivity index (χ0v) is 60.8. The van der Waals surface area contributed by atoms with Gasteiger partial charge in [-0.2, -0.15) is 0 Å². The Morgan fingerprint density at radius 2 is 0.652 bits per heavy atom. The zero-order valence-electron chi connectivity index (χ0n) is 59.9. The number of hydrogen-bond donors (Lipinski definition) is 3. The van der Waals surface area contributed by atoms with Gasteiger partial charge in [-0.1, -0.05) is 363 Å². The summed E-state index contributed by atoms with van der Waals surface area (Å²) in [5.41, 5.74) is 0. The lowest BCUT2D eigenvalue weighted by atomic mass is 10.0. The van der Waals surface area contributed by atoms with Crippen LogP contribution in [0.2, 0.25) is 0 Å². The van der Waals surface area contributed by atoms with Gasteiger partial charge in [0.05, 0.1) is 39.9 Å². The number of phosphoric acid groups is 1. The minimum absolute atomic E-state index is 0.0533. The predicted molar refractivity (Wildman–Crippen MR) is 392 cm³/mol. The summed E-state index contributed by atoms with van der Waals surface area (Å²) in [6, 6.07) is -0.873. The van der Waals surface area contributed by atoms with Crippen molar-refractivity contribution in [3.8, 4) is 0 Å². The molecular formula is C80H152N2O6P+. The van der Waals surface area contributed by atoms with Gasteiger partial charge in [-0.05, 0) is 83.5 Å². The summed E-state index contributed by atoms with van der Waals surface area (Å²) in [5, 5.41) is 14.0. The SMILES string of the molecule is CCCCCCC/C=C\C/C=C\C/C=C\CCCCCCCCCCCCCCCCCCCCCCCCC(=O)NC(COP(=O)(O)OCC[N+](C)(C)C)C(O)/C=C/CC/C=C/CC/C=C/CCCCCCCCCCCCCCCCCCCCCC. The Hall–Kier alpha value is -2.06. The van der Waals surface area contributed by atoms with E-state index in [0.717, 1.165) is 57.8 Å². The lowest BCUT2D eigenvalue weighted by Crippen LogP contribution is -2.45. The third-order valence-corrected chi connectivity index (χ3v) is 18.6. The van der Waals surface area contributed by atoms with E-state index in [2.05, 4.69) is 79.9 Å². The first-order chi connectivity index (χ1) is 43.5. The van der Waals surface area contributed by atoms with Crippen LogP contribution in [-0.4, -0.2) is 73.4 Å². The number of carbonyl (C=O) groups excluding carboxylic acids is 1. The van der Waals surface area contributed by atoms with Crippen LogP contribution in [0.15, 0.2) is 72.9 Å². The number of likely N-dealkylation sites (N-methyl/N-ethyl adjacent to an activating group) is 1. The molecule has 0 aliphatic heterocycles. The van der Waals surface area contributed by atoms with Crippen molar-refractivity contribution in [2.45, 2.75) is 392 Å². The fourth-order valence-corrected chi connectivity index (χ4v) is 12.4. The second-order valence-electron chi connectivity index (χ2n) is 27.7. The summed E-state index contributed by atoms with van der Waals surface area (Å²) in [4.78, 5) is 23.5. The van der Waals surface area contributed by atoms with Gasteiger partial charge in [-0.25, -0.2) is 4.57 Å². The van der Waals surface area contributed by atoms with Gasteiger partial charge in [0, 0.05) is 6.42 Å². The Bertz CT molecular complexity index is 1680. The van der Waals surface area contributed by atoms with Crippen molar-refractivity contribution in [2.75, 3.05) is 40.9 Å². The molecule has 0 aromatic heterocycles. The van der Waals surface area contributed by atoms with Crippen LogP contribution in [0.5, 0.6) is 0 Å². The number of aliphatic hydroxyl groups is 1. The van der Waals surface area contributed by atoms with Crippen LogP contribution in [-0.2, 0) is 18.4 Å². The standard InChI is InChI=1S/C80H151N2O6P/c1-6-8-10-12-14-16-18-20-22-24-26-28-30-32-34-36-38-39-40-41-42-43-44-46-48-50-52-54-56-58-60-62-64-66-68-70-72-74-80(84)81-78(77-88-89(85,86)87-76-75-82(3,4)5)79(83)73-71-69-67-65-63-61-59-57-55-53-51-49-47-45-37-35-33-31-29-27-25-23-21-19-17-15-13-11-9-7-2/h18,20,24,26,30,32,55,57,63,65,71,73,78-79,83H,6-17,19,21-23,25,27-29,31,33-54,56,58-62,64,66-70,72,74-77H2,1-5H3,(H-,81,84,85,86)/p+1/b20-18-,26-24-,32-30-,57-55+,65-63+,73-71+. The number of hydrogen-bond acceptors (Lipinski definition) is 5. The molecule has 3 unspecified atom stereocenters. The van der Waals surface area contributed by atoms with Gasteiger partial charge in [-0.15, -0.1) is 0 Å². The average Bonchev–Trinajstić information content (AvgIpc) is 3.57. The first-order valence-electron chi connectivity index (χ1n) is 38.8. The number of rotatable bonds is 72. The molecule has 0 heterocycles. The van der Waals surface area contributed by atoms with Gasteiger partial charge < -0.3 is 19.8 Å². The molecule has 0 bridgehead atoms. The maximum atomic E-state index is 13.1. The number of allylic oxidation sites excluding steroid dienone is 11. The molecule has 0 radical (unpaired) electrons. The van der Waals surface area contributed by atoms with Gasteiger partial charge in [0.1, 0.15) is 13.2 Å². The number of amides is 1. The zero-order chi connectivity index (χ0) is 64.8. The minimum atomic E-state index is -4.37. The molecule has 3 atom stereocenters. The van der Waals surface area contributed by atoms with Crippen molar-refractivity contribution < 1.29 is 32.9 Å². The Morgan fingerprint density at radius 3 is 0.978 bits per heavy atom. The topological polar surface area (TPSA) is 105 Å². The smallest absolute Gasteiger partial charge is 0.387 e. The van der Waals surface area contributed by atoms with Crippen LogP contribution in [0.3, 0.4) is 0 Å². The predicted octanol–water partition coefficient (Wildman–Crippen LogP) is 25.3. The largest absolute Gasteiger partial charge is 0.472 e. The Labute approximate surface area is 554 Å². The maximum Gasteiger partial charge on any atom is 0.472 e. The number of nitrogens with zero attached hydrogens (tertiary/aromatic N) is 1. The van der Waals surface area contributed by atoms with E-state index in [-0.39, 0.29) is 19.1 Å². The summed E-state index contributed by atoms with van der Waals surface area (Å²) < 4.78 is 23.8. The summed E-state index contributed by atoms with van der Waals surface area (Å²) in [6.45, 7) is 4.82.